The highest BCUT2D eigenvalue weighted by molar-refractivity contribution is 7.94. The van der Waals surface area contributed by atoms with Crippen molar-refractivity contribution in [3.8, 4) is 5.75 Å². The monoisotopic (exact) mass is 470 g/mol. The number of aryl methyl sites for hydroxylation is 1. The Morgan fingerprint density at radius 3 is 1.84 bits per heavy atom. The standard InChI is InChI=1S/C21H26O8S2/c1-3-30(22,23)20-10-6-19(7-11-20)28-16-14-26-12-13-27-15-17-29-31(24,25)21-8-4-18(2)5-9-21/h3-11H,1,12-17H2,2H3. The van der Waals surface area contributed by atoms with Gasteiger partial charge in [-0.3, -0.25) is 4.18 Å². The molecule has 0 saturated heterocycles. The highest BCUT2D eigenvalue weighted by atomic mass is 32.2. The van der Waals surface area contributed by atoms with Gasteiger partial charge in [0.05, 0.1) is 42.8 Å². The van der Waals surface area contributed by atoms with Gasteiger partial charge in [-0.25, -0.2) is 8.42 Å². The molecule has 2 rings (SSSR count). The first-order valence-corrected chi connectivity index (χ1v) is 12.4. The molecule has 8 nitrogen and oxygen atoms in total. The minimum atomic E-state index is -3.79. The maximum Gasteiger partial charge on any atom is 0.297 e. The summed E-state index contributed by atoms with van der Waals surface area (Å²) < 4.78 is 68.3. The maximum atomic E-state index is 12.0. The van der Waals surface area contributed by atoms with E-state index in [4.69, 9.17) is 18.4 Å². The van der Waals surface area contributed by atoms with Crippen LogP contribution >= 0.6 is 0 Å². The first-order chi connectivity index (χ1) is 14.7. The third kappa shape index (κ3) is 8.42. The van der Waals surface area contributed by atoms with E-state index in [0.717, 1.165) is 11.0 Å². The van der Waals surface area contributed by atoms with Crippen LogP contribution in [0.25, 0.3) is 0 Å². The van der Waals surface area contributed by atoms with Crippen LogP contribution in [-0.2, 0) is 33.6 Å². The first kappa shape index (κ1) is 25.0. The molecule has 10 heteroatoms. The number of ether oxygens (including phenoxy) is 3. The van der Waals surface area contributed by atoms with Crippen LogP contribution in [0.3, 0.4) is 0 Å². The molecule has 0 fully saturated rings. The fourth-order valence-electron chi connectivity index (χ4n) is 2.34. The lowest BCUT2D eigenvalue weighted by molar-refractivity contribution is 0.0279. The zero-order chi connectivity index (χ0) is 22.7. The predicted molar refractivity (Wildman–Crippen MR) is 115 cm³/mol. The van der Waals surface area contributed by atoms with E-state index in [1.54, 1.807) is 24.3 Å². The number of hydrogen-bond donors (Lipinski definition) is 0. The van der Waals surface area contributed by atoms with Crippen molar-refractivity contribution in [2.24, 2.45) is 0 Å². The molecule has 0 aliphatic carbocycles. The van der Waals surface area contributed by atoms with E-state index in [1.807, 2.05) is 6.92 Å². The smallest absolute Gasteiger partial charge is 0.297 e. The lowest BCUT2D eigenvalue weighted by atomic mass is 10.2. The molecular weight excluding hydrogens is 444 g/mol. The van der Waals surface area contributed by atoms with E-state index in [9.17, 15) is 16.8 Å². The Bertz CT molecular complexity index is 1030. The van der Waals surface area contributed by atoms with Crippen molar-refractivity contribution in [2.75, 3.05) is 39.6 Å². The first-order valence-electron chi connectivity index (χ1n) is 9.46. The number of benzene rings is 2. The van der Waals surface area contributed by atoms with Gasteiger partial charge in [0.2, 0.25) is 0 Å². The van der Waals surface area contributed by atoms with E-state index in [1.165, 1.54) is 24.3 Å². The average molecular weight is 471 g/mol. The Hall–Kier alpha value is -2.24. The molecule has 31 heavy (non-hydrogen) atoms. The van der Waals surface area contributed by atoms with Crippen molar-refractivity contribution < 1.29 is 35.2 Å². The molecule has 0 saturated carbocycles. The van der Waals surface area contributed by atoms with Crippen LogP contribution in [-0.4, -0.2) is 56.5 Å². The summed E-state index contributed by atoms with van der Waals surface area (Å²) in [4.78, 5) is 0.261. The van der Waals surface area contributed by atoms with Gasteiger partial charge in [0.1, 0.15) is 12.4 Å². The van der Waals surface area contributed by atoms with Gasteiger partial charge in [-0.15, -0.1) is 0 Å². The van der Waals surface area contributed by atoms with Crippen LogP contribution in [0.5, 0.6) is 5.75 Å². The molecule has 0 aromatic heterocycles. The molecule has 0 aliphatic heterocycles. The Balaban J connectivity index is 1.53. The second-order valence-corrected chi connectivity index (χ2v) is 9.86. The summed E-state index contributed by atoms with van der Waals surface area (Å²) in [6.07, 6.45) is 0. The van der Waals surface area contributed by atoms with Crippen molar-refractivity contribution in [1.29, 1.82) is 0 Å². The van der Waals surface area contributed by atoms with Gasteiger partial charge in [0, 0.05) is 5.41 Å². The predicted octanol–water partition coefficient (Wildman–Crippen LogP) is 2.73. The SMILES string of the molecule is C=CS(=O)(=O)c1ccc(OCCOCCOCCOS(=O)(=O)c2ccc(C)cc2)cc1. The fraction of sp³-hybridized carbons (Fsp3) is 0.333. The van der Waals surface area contributed by atoms with Crippen LogP contribution in [0.2, 0.25) is 0 Å². The van der Waals surface area contributed by atoms with E-state index < -0.39 is 20.0 Å². The minimum Gasteiger partial charge on any atom is -0.491 e. The number of hydrogen-bond acceptors (Lipinski definition) is 8. The van der Waals surface area contributed by atoms with E-state index >= 15 is 0 Å². The number of rotatable bonds is 14. The van der Waals surface area contributed by atoms with Gasteiger partial charge in [-0.1, -0.05) is 24.3 Å². The molecule has 0 amide bonds. The van der Waals surface area contributed by atoms with Crippen LogP contribution in [0.15, 0.2) is 70.3 Å². The Labute approximate surface area is 183 Å². The van der Waals surface area contributed by atoms with Crippen molar-refractivity contribution in [3.05, 3.63) is 66.1 Å². The molecule has 0 heterocycles. The van der Waals surface area contributed by atoms with Gasteiger partial charge in [0.15, 0.2) is 9.84 Å². The largest absolute Gasteiger partial charge is 0.491 e. The molecule has 0 aliphatic rings. The number of sulfone groups is 1. The molecule has 0 N–H and O–H groups in total. The molecule has 2 aromatic rings. The quantitative estimate of drug-likeness (QED) is 0.307. The van der Waals surface area contributed by atoms with Gasteiger partial charge in [0.25, 0.3) is 10.1 Å². The second-order valence-electron chi connectivity index (χ2n) is 6.35. The van der Waals surface area contributed by atoms with Crippen molar-refractivity contribution in [1.82, 2.24) is 0 Å². The minimum absolute atomic E-state index is 0.0864. The van der Waals surface area contributed by atoms with Crippen LogP contribution < -0.4 is 4.74 Å². The van der Waals surface area contributed by atoms with Crippen LogP contribution in [0, 0.1) is 6.92 Å². The van der Waals surface area contributed by atoms with Crippen LogP contribution in [0.1, 0.15) is 5.56 Å². The summed E-state index contributed by atoms with van der Waals surface area (Å²) in [5, 5.41) is 0.897. The third-order valence-corrected chi connectivity index (χ3v) is 6.71. The van der Waals surface area contributed by atoms with Gasteiger partial charge < -0.3 is 14.2 Å². The summed E-state index contributed by atoms with van der Waals surface area (Å²) in [5.74, 6) is 0.523. The van der Waals surface area contributed by atoms with Gasteiger partial charge in [-0.05, 0) is 43.3 Å². The van der Waals surface area contributed by atoms with E-state index in [2.05, 4.69) is 6.58 Å². The molecule has 170 valence electrons. The van der Waals surface area contributed by atoms with Crippen molar-refractivity contribution >= 4 is 20.0 Å². The lowest BCUT2D eigenvalue weighted by Gasteiger charge is -2.09. The molecule has 0 spiro atoms. The normalized spacial score (nSPS) is 11.9. The second kappa shape index (κ2) is 12.0. The van der Waals surface area contributed by atoms with Crippen molar-refractivity contribution in [2.45, 2.75) is 16.7 Å². The van der Waals surface area contributed by atoms with Crippen LogP contribution in [0.4, 0.5) is 0 Å². The van der Waals surface area contributed by atoms with E-state index in [0.29, 0.717) is 19.0 Å². The summed E-state index contributed by atoms with van der Waals surface area (Å²) >= 11 is 0. The third-order valence-electron chi connectivity index (χ3n) is 4.02. The molecule has 0 bridgehead atoms. The highest BCUT2D eigenvalue weighted by Gasteiger charge is 2.14. The Kier molecular flexibility index (Phi) is 9.66. The van der Waals surface area contributed by atoms with Crippen molar-refractivity contribution in [3.63, 3.8) is 0 Å². The molecule has 0 unspecified atom stereocenters. The maximum absolute atomic E-state index is 12.0. The van der Waals surface area contributed by atoms with E-state index in [-0.39, 0.29) is 36.2 Å². The van der Waals surface area contributed by atoms with Gasteiger partial charge >= 0.3 is 0 Å². The summed E-state index contributed by atoms with van der Waals surface area (Å²) in [5.41, 5.74) is 0.963. The molecule has 0 atom stereocenters. The topological polar surface area (TPSA) is 105 Å². The zero-order valence-corrected chi connectivity index (χ0v) is 18.9. The Morgan fingerprint density at radius 1 is 0.742 bits per heavy atom. The zero-order valence-electron chi connectivity index (χ0n) is 17.2. The molecular formula is C21H26O8S2. The highest BCUT2D eigenvalue weighted by Crippen LogP contribution is 2.17. The lowest BCUT2D eigenvalue weighted by Crippen LogP contribution is -2.14. The average Bonchev–Trinajstić information content (AvgIpc) is 2.75. The fourth-order valence-corrected chi connectivity index (χ4v) is 3.94. The summed E-state index contributed by atoms with van der Waals surface area (Å²) in [7, 11) is -7.24. The summed E-state index contributed by atoms with van der Waals surface area (Å²) in [6.45, 7) is 6.37. The van der Waals surface area contributed by atoms with Gasteiger partial charge in [-0.2, -0.15) is 8.42 Å². The molecule has 0 radical (unpaired) electrons. The summed E-state index contributed by atoms with van der Waals surface area (Å²) in [6, 6.07) is 12.4. The molecule has 2 aromatic carbocycles. The Morgan fingerprint density at radius 2 is 1.26 bits per heavy atom.